The molecule has 3 rings (SSSR count). The van der Waals surface area contributed by atoms with E-state index in [1.165, 1.54) is 18.4 Å². The van der Waals surface area contributed by atoms with Gasteiger partial charge in [0.25, 0.3) is 5.91 Å². The summed E-state index contributed by atoms with van der Waals surface area (Å²) in [5, 5.41) is 0.0771. The number of primary amides is 1. The largest absolute Gasteiger partial charge is 0.436 e. The molecule has 0 bridgehead atoms. The minimum atomic E-state index is -2.04. The van der Waals surface area contributed by atoms with Gasteiger partial charge in [-0.1, -0.05) is 76.4 Å². The fourth-order valence-corrected chi connectivity index (χ4v) is 4.97. The van der Waals surface area contributed by atoms with E-state index < -0.39 is 14.2 Å². The van der Waals surface area contributed by atoms with Crippen molar-refractivity contribution in [3.63, 3.8) is 0 Å². The van der Waals surface area contributed by atoms with Crippen molar-refractivity contribution in [1.29, 1.82) is 0 Å². The number of hydrogen-bond acceptors (Lipinski definition) is 5. The smallest absolute Gasteiger partial charge is 0.267 e. The lowest BCUT2D eigenvalue weighted by molar-refractivity contribution is 0.0995. The minimum absolute atomic E-state index is 0.0771. The molecule has 1 atom stereocenters. The number of nitrogens with zero attached hydrogens (tertiary/aromatic N) is 2. The molecule has 188 valence electrons. The van der Waals surface area contributed by atoms with Gasteiger partial charge in [0.1, 0.15) is 17.5 Å². The molecule has 1 amide bonds. The second-order valence-electron chi connectivity index (χ2n) is 10.6. The first kappa shape index (κ1) is 26.8. The van der Waals surface area contributed by atoms with Gasteiger partial charge in [-0.3, -0.25) is 4.79 Å². The monoisotopic (exact) mass is 493 g/mol. The Balaban J connectivity index is 1.67. The van der Waals surface area contributed by atoms with Gasteiger partial charge in [-0.2, -0.15) is 0 Å². The van der Waals surface area contributed by atoms with Crippen LogP contribution in [0.5, 0.6) is 0 Å². The van der Waals surface area contributed by atoms with Crippen LogP contribution >= 0.6 is 0 Å². The summed E-state index contributed by atoms with van der Waals surface area (Å²) in [5.41, 5.74) is 7.51. The Morgan fingerprint density at radius 2 is 1.74 bits per heavy atom. The van der Waals surface area contributed by atoms with Crippen molar-refractivity contribution in [2.75, 3.05) is 0 Å². The molecule has 0 saturated carbocycles. The quantitative estimate of drug-likeness (QED) is 0.215. The van der Waals surface area contributed by atoms with Gasteiger partial charge in [0.2, 0.25) is 5.89 Å². The normalized spacial score (nSPS) is 13.1. The van der Waals surface area contributed by atoms with Gasteiger partial charge < -0.3 is 14.6 Å². The Morgan fingerprint density at radius 3 is 2.43 bits per heavy atom. The minimum Gasteiger partial charge on any atom is -0.436 e. The van der Waals surface area contributed by atoms with Crippen LogP contribution in [0.4, 0.5) is 0 Å². The van der Waals surface area contributed by atoms with Crippen molar-refractivity contribution in [1.82, 2.24) is 9.97 Å². The summed E-state index contributed by atoms with van der Waals surface area (Å²) in [4.78, 5) is 20.4. The molecule has 2 aromatic heterocycles. The molecular formula is C28H39N3O3Si. The van der Waals surface area contributed by atoms with Crippen LogP contribution in [0.3, 0.4) is 0 Å². The lowest BCUT2D eigenvalue weighted by atomic mass is 10.0. The average Bonchev–Trinajstić information content (AvgIpc) is 3.31. The van der Waals surface area contributed by atoms with Crippen molar-refractivity contribution in [2.45, 2.75) is 83.5 Å². The number of aryl methyl sites for hydroxylation is 1. The van der Waals surface area contributed by atoms with Crippen LogP contribution in [0, 0.1) is 0 Å². The predicted octanol–water partition coefficient (Wildman–Crippen LogP) is 7.09. The van der Waals surface area contributed by atoms with Gasteiger partial charge in [0.05, 0.1) is 6.20 Å². The zero-order chi connectivity index (χ0) is 25.5. The van der Waals surface area contributed by atoms with E-state index in [0.29, 0.717) is 17.3 Å². The SMILES string of the molecule is CC(C)(C)[Si](C)(C)OC(CCCCCCc1ccccc1)c1ncc(-c2cccc(C(N)=O)n2)o1. The Kier molecular flexibility index (Phi) is 9.02. The Bertz CT molecular complexity index is 1090. The van der Waals surface area contributed by atoms with Crippen molar-refractivity contribution in [3.05, 3.63) is 71.9 Å². The number of pyridine rings is 1. The molecule has 0 aliphatic rings. The zero-order valence-electron chi connectivity index (χ0n) is 21.7. The third-order valence-corrected chi connectivity index (χ3v) is 11.3. The number of unbranched alkanes of at least 4 members (excludes halogenated alkanes) is 3. The van der Waals surface area contributed by atoms with Crippen LogP contribution < -0.4 is 5.73 Å². The summed E-state index contributed by atoms with van der Waals surface area (Å²) in [7, 11) is -2.04. The van der Waals surface area contributed by atoms with Gasteiger partial charge in [-0.05, 0) is 55.1 Å². The first-order valence-electron chi connectivity index (χ1n) is 12.5. The standard InChI is InChI=1S/C28H39N3O3Si/c1-28(2,3)35(4,5)34-24(19-12-7-6-9-14-21-15-10-8-11-16-21)27-30-20-25(33-27)22-17-13-18-23(31-22)26(29)32/h8,10-11,13,15-18,20,24H,6-7,9,12,14,19H2,1-5H3,(H2,29,32). The second-order valence-corrected chi connectivity index (χ2v) is 15.4. The number of aromatic nitrogens is 2. The summed E-state index contributed by atoms with van der Waals surface area (Å²) < 4.78 is 12.9. The third-order valence-electron chi connectivity index (χ3n) is 6.82. The molecule has 2 heterocycles. The van der Waals surface area contributed by atoms with Crippen LogP contribution in [0.1, 0.15) is 80.9 Å². The molecule has 0 spiro atoms. The third kappa shape index (κ3) is 7.60. The van der Waals surface area contributed by atoms with Crippen LogP contribution in [0.2, 0.25) is 18.1 Å². The fourth-order valence-electron chi connectivity index (χ4n) is 3.69. The second kappa shape index (κ2) is 11.8. The predicted molar refractivity (Wildman–Crippen MR) is 143 cm³/mol. The maximum absolute atomic E-state index is 11.5. The number of carbonyl (C=O) groups is 1. The summed E-state index contributed by atoms with van der Waals surface area (Å²) >= 11 is 0. The first-order chi connectivity index (χ1) is 16.6. The fraction of sp³-hybridized carbons (Fsp3) is 0.464. The highest BCUT2D eigenvalue weighted by molar-refractivity contribution is 6.74. The number of hydrogen-bond donors (Lipinski definition) is 1. The van der Waals surface area contributed by atoms with E-state index in [1.807, 2.05) is 0 Å². The van der Waals surface area contributed by atoms with E-state index in [-0.39, 0.29) is 16.8 Å². The lowest BCUT2D eigenvalue weighted by Crippen LogP contribution is -2.41. The van der Waals surface area contributed by atoms with Crippen LogP contribution in [0.25, 0.3) is 11.5 Å². The van der Waals surface area contributed by atoms with Crippen molar-refractivity contribution >= 4 is 14.2 Å². The van der Waals surface area contributed by atoms with Gasteiger partial charge in [0, 0.05) is 0 Å². The van der Waals surface area contributed by atoms with Crippen molar-refractivity contribution in [2.24, 2.45) is 5.73 Å². The van der Waals surface area contributed by atoms with Crippen LogP contribution in [-0.2, 0) is 10.8 Å². The number of nitrogens with two attached hydrogens (primary N) is 1. The van der Waals surface area contributed by atoms with Crippen molar-refractivity contribution in [3.8, 4) is 11.5 Å². The van der Waals surface area contributed by atoms with Gasteiger partial charge in [0.15, 0.2) is 14.1 Å². The molecule has 35 heavy (non-hydrogen) atoms. The molecule has 0 saturated heterocycles. The molecule has 0 aliphatic carbocycles. The van der Waals surface area contributed by atoms with Crippen molar-refractivity contribution < 1.29 is 13.6 Å². The summed E-state index contributed by atoms with van der Waals surface area (Å²) in [6, 6.07) is 15.8. The Hall–Kier alpha value is -2.77. The highest BCUT2D eigenvalue weighted by atomic mass is 28.4. The molecule has 3 aromatic rings. The molecule has 7 heteroatoms. The molecule has 0 aliphatic heterocycles. The van der Waals surface area contributed by atoms with Crippen LogP contribution in [-0.4, -0.2) is 24.2 Å². The highest BCUT2D eigenvalue weighted by Crippen LogP contribution is 2.41. The number of amides is 1. The first-order valence-corrected chi connectivity index (χ1v) is 15.4. The molecule has 2 N–H and O–H groups in total. The molecule has 0 radical (unpaired) electrons. The van der Waals surface area contributed by atoms with E-state index in [9.17, 15) is 4.79 Å². The van der Waals surface area contributed by atoms with Crippen LogP contribution in [0.15, 0.2) is 59.1 Å². The topological polar surface area (TPSA) is 91.2 Å². The lowest BCUT2D eigenvalue weighted by Gasteiger charge is -2.38. The summed E-state index contributed by atoms with van der Waals surface area (Å²) in [6.45, 7) is 11.2. The van der Waals surface area contributed by atoms with Gasteiger partial charge in [-0.25, -0.2) is 9.97 Å². The maximum atomic E-state index is 11.5. The average molecular weight is 494 g/mol. The molecule has 0 fully saturated rings. The Morgan fingerprint density at radius 1 is 1.03 bits per heavy atom. The maximum Gasteiger partial charge on any atom is 0.267 e. The number of rotatable bonds is 12. The molecule has 1 unspecified atom stereocenters. The van der Waals surface area contributed by atoms with E-state index in [1.54, 1.807) is 24.4 Å². The zero-order valence-corrected chi connectivity index (χ0v) is 22.7. The van der Waals surface area contributed by atoms with E-state index in [2.05, 4.69) is 74.2 Å². The van der Waals surface area contributed by atoms with Gasteiger partial charge in [-0.15, -0.1) is 0 Å². The highest BCUT2D eigenvalue weighted by Gasteiger charge is 2.40. The number of oxazole rings is 1. The van der Waals surface area contributed by atoms with Gasteiger partial charge >= 0.3 is 0 Å². The molecular weight excluding hydrogens is 454 g/mol. The number of benzene rings is 1. The molecule has 6 nitrogen and oxygen atoms in total. The Labute approximate surface area is 210 Å². The number of carbonyl (C=O) groups excluding carboxylic acids is 1. The molecule has 1 aromatic carbocycles. The summed E-state index contributed by atoms with van der Waals surface area (Å²) in [6.07, 6.45) is 7.96. The summed E-state index contributed by atoms with van der Waals surface area (Å²) in [5.74, 6) is 0.508. The van der Waals surface area contributed by atoms with E-state index in [0.717, 1.165) is 25.7 Å². The van der Waals surface area contributed by atoms with E-state index in [4.69, 9.17) is 14.6 Å². The van der Waals surface area contributed by atoms with E-state index >= 15 is 0 Å².